The summed E-state index contributed by atoms with van der Waals surface area (Å²) < 4.78 is 7.17. The van der Waals surface area contributed by atoms with E-state index >= 15 is 0 Å². The van der Waals surface area contributed by atoms with Crippen molar-refractivity contribution in [3.8, 4) is 0 Å². The molecule has 0 heterocycles. The van der Waals surface area contributed by atoms with E-state index in [4.69, 9.17) is 4.74 Å². The smallest absolute Gasteiger partial charge is 0.338 e. The van der Waals surface area contributed by atoms with Crippen molar-refractivity contribution in [1.29, 1.82) is 0 Å². The number of benzene rings is 2. The summed E-state index contributed by atoms with van der Waals surface area (Å²) >= 11 is 6.68. The molecule has 0 saturated carbocycles. The van der Waals surface area contributed by atoms with Crippen LogP contribution in [0.15, 0.2) is 57.5 Å². The molecule has 0 N–H and O–H groups in total. The monoisotopic (exact) mass is 368 g/mol. The Morgan fingerprint density at radius 2 is 1.39 bits per heavy atom. The molecule has 92 valence electrons. The van der Waals surface area contributed by atoms with E-state index in [0.717, 1.165) is 14.5 Å². The number of halogens is 2. The lowest BCUT2D eigenvalue weighted by atomic mass is 10.2. The summed E-state index contributed by atoms with van der Waals surface area (Å²) in [6, 6.07) is 14.8. The van der Waals surface area contributed by atoms with Crippen LogP contribution in [0.5, 0.6) is 0 Å². The van der Waals surface area contributed by atoms with E-state index in [2.05, 4.69) is 31.9 Å². The average molecular weight is 370 g/mol. The Bertz CT molecular complexity index is 533. The van der Waals surface area contributed by atoms with E-state index in [0.29, 0.717) is 5.56 Å². The molecule has 2 nitrogen and oxygen atoms in total. The van der Waals surface area contributed by atoms with Gasteiger partial charge in [-0.05, 0) is 42.0 Å². The topological polar surface area (TPSA) is 26.3 Å². The van der Waals surface area contributed by atoms with Gasteiger partial charge in [0.15, 0.2) is 0 Å². The molecule has 0 aromatic heterocycles. The lowest BCUT2D eigenvalue weighted by Crippen LogP contribution is -2.04. The Morgan fingerprint density at radius 3 is 1.94 bits per heavy atom. The minimum absolute atomic E-state index is 0.280. The van der Waals surface area contributed by atoms with Crippen molar-refractivity contribution in [3.05, 3.63) is 68.6 Å². The Hall–Kier alpha value is -1.13. The van der Waals surface area contributed by atoms with E-state index in [-0.39, 0.29) is 12.6 Å². The Kier molecular flexibility index (Phi) is 4.55. The van der Waals surface area contributed by atoms with Gasteiger partial charge in [0.2, 0.25) is 0 Å². The van der Waals surface area contributed by atoms with Gasteiger partial charge in [-0.15, -0.1) is 0 Å². The molecule has 18 heavy (non-hydrogen) atoms. The summed E-state index contributed by atoms with van der Waals surface area (Å²) in [6.45, 7) is 0.280. The van der Waals surface area contributed by atoms with Crippen LogP contribution in [-0.4, -0.2) is 5.97 Å². The number of hydrogen-bond acceptors (Lipinski definition) is 2. The van der Waals surface area contributed by atoms with Crippen molar-refractivity contribution in [2.75, 3.05) is 0 Å². The zero-order valence-electron chi connectivity index (χ0n) is 9.40. The van der Waals surface area contributed by atoms with Gasteiger partial charge in [-0.2, -0.15) is 0 Å². The van der Waals surface area contributed by atoms with Crippen molar-refractivity contribution in [1.82, 2.24) is 0 Å². The van der Waals surface area contributed by atoms with Gasteiger partial charge in [-0.3, -0.25) is 0 Å². The largest absolute Gasteiger partial charge is 0.457 e. The van der Waals surface area contributed by atoms with Crippen LogP contribution in [0.3, 0.4) is 0 Å². The molecule has 0 spiro atoms. The maximum atomic E-state index is 11.7. The van der Waals surface area contributed by atoms with Crippen LogP contribution in [0.1, 0.15) is 15.9 Å². The van der Waals surface area contributed by atoms with Crippen molar-refractivity contribution < 1.29 is 9.53 Å². The highest BCUT2D eigenvalue weighted by Gasteiger charge is 2.06. The molecule has 0 radical (unpaired) electrons. The van der Waals surface area contributed by atoms with Gasteiger partial charge in [0.05, 0.1) is 5.56 Å². The van der Waals surface area contributed by atoms with Gasteiger partial charge < -0.3 is 4.74 Å². The number of hydrogen-bond donors (Lipinski definition) is 0. The molecule has 0 bridgehead atoms. The molecule has 0 fully saturated rings. The van der Waals surface area contributed by atoms with Crippen LogP contribution in [-0.2, 0) is 11.3 Å². The average Bonchev–Trinajstić information content (AvgIpc) is 2.38. The molecule has 0 amide bonds. The fraction of sp³-hybridized carbons (Fsp3) is 0.0714. The van der Waals surface area contributed by atoms with E-state index in [1.54, 1.807) is 12.1 Å². The van der Waals surface area contributed by atoms with Crippen molar-refractivity contribution in [2.24, 2.45) is 0 Å². The van der Waals surface area contributed by atoms with Gasteiger partial charge in [0.25, 0.3) is 0 Å². The lowest BCUT2D eigenvalue weighted by Gasteiger charge is -2.05. The molecule has 2 aromatic carbocycles. The second-order valence-electron chi connectivity index (χ2n) is 3.71. The number of ether oxygens (including phenoxy) is 1. The zero-order chi connectivity index (χ0) is 13.0. The third-order valence-electron chi connectivity index (χ3n) is 2.36. The standard InChI is InChI=1S/C14H10Br2O2/c15-12-5-1-10(2-6-12)9-18-14(17)11-3-7-13(16)8-4-11/h1-8H,9H2. The second kappa shape index (κ2) is 6.16. The molecule has 2 aromatic rings. The van der Waals surface area contributed by atoms with Gasteiger partial charge >= 0.3 is 5.97 Å². The maximum absolute atomic E-state index is 11.7. The summed E-state index contributed by atoms with van der Waals surface area (Å²) in [7, 11) is 0. The van der Waals surface area contributed by atoms with Crippen molar-refractivity contribution in [2.45, 2.75) is 6.61 Å². The Morgan fingerprint density at radius 1 is 0.889 bits per heavy atom. The highest BCUT2D eigenvalue weighted by atomic mass is 79.9. The predicted octanol–water partition coefficient (Wildman–Crippen LogP) is 4.57. The molecular formula is C14H10Br2O2. The summed E-state index contributed by atoms with van der Waals surface area (Å²) in [5, 5.41) is 0. The number of rotatable bonds is 3. The molecule has 0 aliphatic heterocycles. The van der Waals surface area contributed by atoms with Crippen LogP contribution in [0, 0.1) is 0 Å². The highest BCUT2D eigenvalue weighted by Crippen LogP contribution is 2.14. The van der Waals surface area contributed by atoms with E-state index in [1.807, 2.05) is 36.4 Å². The molecule has 0 aliphatic carbocycles. The summed E-state index contributed by atoms with van der Waals surface area (Å²) in [5.41, 5.74) is 1.51. The maximum Gasteiger partial charge on any atom is 0.338 e. The third-order valence-corrected chi connectivity index (χ3v) is 3.42. The normalized spacial score (nSPS) is 10.1. The van der Waals surface area contributed by atoms with E-state index in [9.17, 15) is 4.79 Å². The molecule has 0 saturated heterocycles. The third kappa shape index (κ3) is 3.68. The van der Waals surface area contributed by atoms with Crippen LogP contribution in [0.2, 0.25) is 0 Å². The van der Waals surface area contributed by atoms with E-state index in [1.165, 1.54) is 0 Å². The fourth-order valence-corrected chi connectivity index (χ4v) is 1.93. The number of carbonyl (C=O) groups excluding carboxylic acids is 1. The molecule has 0 aliphatic rings. The first kappa shape index (κ1) is 13.3. The molecule has 0 unspecified atom stereocenters. The number of esters is 1. The number of carbonyl (C=O) groups is 1. The molecule has 4 heteroatoms. The first-order valence-electron chi connectivity index (χ1n) is 5.32. The van der Waals surface area contributed by atoms with Gasteiger partial charge in [0.1, 0.15) is 6.61 Å². The Balaban J connectivity index is 1.96. The highest BCUT2D eigenvalue weighted by molar-refractivity contribution is 9.10. The molecule has 0 atom stereocenters. The summed E-state index contributed by atoms with van der Waals surface area (Å²) in [5.74, 6) is -0.314. The van der Waals surface area contributed by atoms with Gasteiger partial charge in [0, 0.05) is 8.95 Å². The van der Waals surface area contributed by atoms with Crippen LogP contribution < -0.4 is 0 Å². The first-order valence-corrected chi connectivity index (χ1v) is 6.91. The van der Waals surface area contributed by atoms with Crippen LogP contribution in [0.25, 0.3) is 0 Å². The van der Waals surface area contributed by atoms with Crippen LogP contribution in [0.4, 0.5) is 0 Å². The minimum Gasteiger partial charge on any atom is -0.457 e. The van der Waals surface area contributed by atoms with Crippen LogP contribution >= 0.6 is 31.9 Å². The SMILES string of the molecule is O=C(OCc1ccc(Br)cc1)c1ccc(Br)cc1. The van der Waals surface area contributed by atoms with Crippen molar-refractivity contribution in [3.63, 3.8) is 0 Å². The zero-order valence-corrected chi connectivity index (χ0v) is 12.6. The molecule has 2 rings (SSSR count). The quantitative estimate of drug-likeness (QED) is 0.741. The minimum atomic E-state index is -0.314. The lowest BCUT2D eigenvalue weighted by molar-refractivity contribution is 0.0472. The predicted molar refractivity (Wildman–Crippen MR) is 77.4 cm³/mol. The van der Waals surface area contributed by atoms with Gasteiger partial charge in [-0.25, -0.2) is 4.79 Å². The second-order valence-corrected chi connectivity index (χ2v) is 5.54. The summed E-state index contributed by atoms with van der Waals surface area (Å²) in [6.07, 6.45) is 0. The van der Waals surface area contributed by atoms with E-state index < -0.39 is 0 Å². The fourth-order valence-electron chi connectivity index (χ4n) is 1.40. The first-order chi connectivity index (χ1) is 8.65. The summed E-state index contributed by atoms with van der Waals surface area (Å²) in [4.78, 5) is 11.7. The Labute approximate surface area is 122 Å². The molecular weight excluding hydrogens is 360 g/mol. The van der Waals surface area contributed by atoms with Crippen molar-refractivity contribution >= 4 is 37.8 Å². The van der Waals surface area contributed by atoms with Gasteiger partial charge in [-0.1, -0.05) is 44.0 Å².